The van der Waals surface area contributed by atoms with E-state index < -0.39 is 12.0 Å². The maximum absolute atomic E-state index is 11.2. The zero-order chi connectivity index (χ0) is 15.4. The molecule has 7 nitrogen and oxygen atoms in total. The number of hydrogen-bond acceptors (Lipinski definition) is 6. The number of hydrogen-bond donors (Lipinski definition) is 3. The molecule has 0 fully saturated rings. The fourth-order valence-electron chi connectivity index (χ4n) is 2.05. The first-order chi connectivity index (χ1) is 10.0. The molecule has 0 radical (unpaired) electrons. The van der Waals surface area contributed by atoms with Crippen LogP contribution in [0, 0.1) is 0 Å². The summed E-state index contributed by atoms with van der Waals surface area (Å²) < 4.78 is 5.23. The van der Waals surface area contributed by atoms with Crippen molar-refractivity contribution in [3.05, 3.63) is 29.2 Å². The van der Waals surface area contributed by atoms with Crippen molar-refractivity contribution in [3.63, 3.8) is 0 Å². The van der Waals surface area contributed by atoms with Gasteiger partial charge >= 0.3 is 0 Å². The quantitative estimate of drug-likeness (QED) is 0.322. The van der Waals surface area contributed by atoms with Gasteiger partial charge in [0.05, 0.1) is 25.3 Å². The highest BCUT2D eigenvalue weighted by atomic mass is 35.5. The van der Waals surface area contributed by atoms with Crippen molar-refractivity contribution in [2.75, 3.05) is 7.11 Å². The summed E-state index contributed by atoms with van der Waals surface area (Å²) in [6.45, 7) is 0. The van der Waals surface area contributed by atoms with E-state index in [0.29, 0.717) is 22.3 Å². The lowest BCUT2D eigenvalue weighted by Gasteiger charge is -2.12. The molecule has 1 atom stereocenters. The minimum absolute atomic E-state index is 0.0532. The van der Waals surface area contributed by atoms with Crippen LogP contribution in [0.1, 0.15) is 12.1 Å². The van der Waals surface area contributed by atoms with Crippen LogP contribution in [0.4, 0.5) is 0 Å². The van der Waals surface area contributed by atoms with E-state index in [9.17, 15) is 9.90 Å². The third-order valence-corrected chi connectivity index (χ3v) is 3.14. The average molecular weight is 311 g/mol. The first kappa shape index (κ1) is 15.4. The van der Waals surface area contributed by atoms with E-state index in [2.05, 4.69) is 9.97 Å². The Kier molecular flexibility index (Phi) is 4.89. The summed E-state index contributed by atoms with van der Waals surface area (Å²) in [7, 11) is 1.53. The second-order valence-electron chi connectivity index (χ2n) is 4.43. The number of carbonyl (C=O) groups is 1. The molecule has 0 bridgehead atoms. The van der Waals surface area contributed by atoms with E-state index in [1.807, 2.05) is 5.43 Å². The van der Waals surface area contributed by atoms with Gasteiger partial charge in [0.1, 0.15) is 11.3 Å². The first-order valence-corrected chi connectivity index (χ1v) is 6.59. The van der Waals surface area contributed by atoms with Crippen molar-refractivity contribution in [2.24, 2.45) is 5.84 Å². The van der Waals surface area contributed by atoms with Gasteiger partial charge in [-0.05, 0) is 17.7 Å². The number of para-hydroxylation sites is 1. The number of nitrogens with one attached hydrogen (secondary N) is 1. The van der Waals surface area contributed by atoms with Crippen LogP contribution in [0.3, 0.4) is 0 Å². The second-order valence-corrected chi connectivity index (χ2v) is 4.76. The van der Waals surface area contributed by atoms with Crippen LogP contribution in [0.15, 0.2) is 18.2 Å². The SMILES string of the molecule is COc1cccc2c(CC(O)CC(=O)NN)nc(Cl)nc12. The van der Waals surface area contributed by atoms with E-state index >= 15 is 0 Å². The van der Waals surface area contributed by atoms with Gasteiger partial charge < -0.3 is 9.84 Å². The van der Waals surface area contributed by atoms with Gasteiger partial charge in [-0.3, -0.25) is 10.2 Å². The number of methoxy groups -OCH3 is 1. The van der Waals surface area contributed by atoms with Crippen LogP contribution in [0.25, 0.3) is 10.9 Å². The lowest BCUT2D eigenvalue weighted by molar-refractivity contribution is -0.123. The number of aliphatic hydroxyl groups is 1. The number of rotatable bonds is 5. The zero-order valence-electron chi connectivity index (χ0n) is 11.3. The summed E-state index contributed by atoms with van der Waals surface area (Å²) >= 11 is 5.91. The third-order valence-electron chi connectivity index (χ3n) is 2.97. The molecule has 0 saturated carbocycles. The Bertz CT molecular complexity index is 665. The molecule has 1 amide bonds. The van der Waals surface area contributed by atoms with Crippen LogP contribution < -0.4 is 16.0 Å². The molecule has 0 aliphatic carbocycles. The monoisotopic (exact) mass is 310 g/mol. The molecule has 0 aliphatic rings. The number of nitrogens with two attached hydrogens (primary N) is 1. The Morgan fingerprint density at radius 3 is 2.95 bits per heavy atom. The smallest absolute Gasteiger partial charge is 0.236 e. The largest absolute Gasteiger partial charge is 0.494 e. The molecule has 0 spiro atoms. The molecule has 4 N–H and O–H groups in total. The molecule has 21 heavy (non-hydrogen) atoms. The fourth-order valence-corrected chi connectivity index (χ4v) is 2.23. The molecule has 1 aromatic heterocycles. The Labute approximate surface area is 126 Å². The van der Waals surface area contributed by atoms with E-state index in [1.165, 1.54) is 7.11 Å². The minimum atomic E-state index is -0.922. The normalized spacial score (nSPS) is 12.2. The molecular formula is C13H15ClN4O3. The number of carbonyl (C=O) groups excluding carboxylic acids is 1. The number of aromatic nitrogens is 2. The average Bonchev–Trinajstić information content (AvgIpc) is 2.46. The number of hydrazine groups is 1. The topological polar surface area (TPSA) is 110 Å². The van der Waals surface area contributed by atoms with Gasteiger partial charge in [-0.15, -0.1) is 0 Å². The van der Waals surface area contributed by atoms with Gasteiger partial charge in [-0.2, -0.15) is 0 Å². The van der Waals surface area contributed by atoms with E-state index in [-0.39, 0.29) is 18.1 Å². The van der Waals surface area contributed by atoms with Crippen LogP contribution in [-0.4, -0.2) is 34.2 Å². The Balaban J connectivity index is 2.37. The van der Waals surface area contributed by atoms with Crippen LogP contribution in [-0.2, 0) is 11.2 Å². The Morgan fingerprint density at radius 2 is 2.29 bits per heavy atom. The highest BCUT2D eigenvalue weighted by Crippen LogP contribution is 2.27. The number of nitrogens with zero attached hydrogens (tertiary/aromatic N) is 2. The molecule has 2 rings (SSSR count). The van der Waals surface area contributed by atoms with E-state index in [1.54, 1.807) is 18.2 Å². The van der Waals surface area contributed by atoms with Crippen molar-refractivity contribution in [2.45, 2.75) is 18.9 Å². The molecule has 2 aromatic rings. The maximum Gasteiger partial charge on any atom is 0.236 e. The summed E-state index contributed by atoms with van der Waals surface area (Å²) in [6.07, 6.45) is -0.892. The number of aliphatic hydroxyl groups excluding tert-OH is 1. The van der Waals surface area contributed by atoms with Crippen molar-refractivity contribution < 1.29 is 14.6 Å². The van der Waals surface area contributed by atoms with Gasteiger partial charge in [-0.25, -0.2) is 15.8 Å². The molecule has 0 aliphatic heterocycles. The molecule has 0 saturated heterocycles. The number of amides is 1. The Morgan fingerprint density at radius 1 is 1.52 bits per heavy atom. The third kappa shape index (κ3) is 3.57. The standard InChI is InChI=1S/C13H15ClN4O3/c1-21-10-4-2-3-8-9(16-13(14)17-12(8)10)5-7(19)6-11(20)18-15/h2-4,7,19H,5-6,15H2,1H3,(H,18,20). The number of fused-ring (bicyclic) bond motifs is 1. The Hall–Kier alpha value is -1.96. The molecule has 1 unspecified atom stereocenters. The zero-order valence-corrected chi connectivity index (χ0v) is 12.1. The predicted octanol–water partition coefficient (Wildman–Crippen LogP) is 0.575. The highest BCUT2D eigenvalue weighted by Gasteiger charge is 2.16. The molecule has 1 heterocycles. The number of halogens is 1. The molecule has 1 aromatic carbocycles. The van der Waals surface area contributed by atoms with E-state index in [0.717, 1.165) is 0 Å². The fraction of sp³-hybridized carbons (Fsp3) is 0.308. The summed E-state index contributed by atoms with van der Waals surface area (Å²) in [4.78, 5) is 19.4. The first-order valence-electron chi connectivity index (χ1n) is 6.21. The van der Waals surface area contributed by atoms with Crippen LogP contribution in [0.2, 0.25) is 5.28 Å². The van der Waals surface area contributed by atoms with Gasteiger partial charge in [0.25, 0.3) is 0 Å². The van der Waals surface area contributed by atoms with Crippen LogP contribution in [0.5, 0.6) is 5.75 Å². The summed E-state index contributed by atoms with van der Waals surface area (Å²) in [5.74, 6) is 5.10. The lowest BCUT2D eigenvalue weighted by Crippen LogP contribution is -2.33. The number of benzene rings is 1. The highest BCUT2D eigenvalue weighted by molar-refractivity contribution is 6.28. The predicted molar refractivity (Wildman–Crippen MR) is 77.8 cm³/mol. The second kappa shape index (κ2) is 6.66. The van der Waals surface area contributed by atoms with Crippen molar-refractivity contribution in [3.8, 4) is 5.75 Å². The number of ether oxygens (including phenoxy) is 1. The summed E-state index contributed by atoms with van der Waals surface area (Å²) in [5.41, 5.74) is 3.07. The van der Waals surface area contributed by atoms with Crippen molar-refractivity contribution in [1.82, 2.24) is 15.4 Å². The summed E-state index contributed by atoms with van der Waals surface area (Å²) in [6, 6.07) is 5.36. The molecule has 112 valence electrons. The van der Waals surface area contributed by atoms with Crippen molar-refractivity contribution in [1.29, 1.82) is 0 Å². The van der Waals surface area contributed by atoms with Crippen molar-refractivity contribution >= 4 is 28.4 Å². The van der Waals surface area contributed by atoms with Gasteiger partial charge in [0.2, 0.25) is 11.2 Å². The maximum atomic E-state index is 11.2. The van der Waals surface area contributed by atoms with Gasteiger partial charge in [-0.1, -0.05) is 12.1 Å². The lowest BCUT2D eigenvalue weighted by atomic mass is 10.1. The minimum Gasteiger partial charge on any atom is -0.494 e. The van der Waals surface area contributed by atoms with E-state index in [4.69, 9.17) is 22.2 Å². The van der Waals surface area contributed by atoms with Gasteiger partial charge in [0.15, 0.2) is 0 Å². The van der Waals surface area contributed by atoms with Gasteiger partial charge in [0, 0.05) is 11.8 Å². The summed E-state index contributed by atoms with van der Waals surface area (Å²) in [5, 5.41) is 10.7. The van der Waals surface area contributed by atoms with Crippen LogP contribution >= 0.6 is 11.6 Å². The molecular weight excluding hydrogens is 296 g/mol. The molecule has 8 heteroatoms.